The van der Waals surface area contributed by atoms with E-state index in [-0.39, 0.29) is 44.1 Å². The minimum Gasteiger partial charge on any atom is -0.481 e. The number of nitrogens with one attached hydrogen (secondary N) is 5. The average Bonchev–Trinajstić information content (AvgIpc) is 3.07. The van der Waals surface area contributed by atoms with Crippen LogP contribution in [0.4, 0.5) is 9.18 Å². The second-order valence-corrected chi connectivity index (χ2v) is 12.4. The molecule has 0 saturated heterocycles. The fourth-order valence-corrected chi connectivity index (χ4v) is 5.94. The maximum Gasteiger partial charge on any atom is 0.326 e. The Kier molecular flexibility index (Phi) is 15.7. The standard InChI is InChI=1S/C34H46FN5O9/c35-20-36-19-21-8-12-24(13-9-21)30(43)38-28(18-22-10-11-23-5-1-2-6-25(23)17-22)31(44)37-16-4-3-7-26(32(45)46)39-34(49)40-27(33(47)48)14-15-29(41)42/h1-2,5-6,10-11,17,21,24,26-28,36H,3-4,7-9,12-16,18-20H2,(H,37,44)(H,38,43)(H,41,42)(H,45,46)(H,47,48)(H2,39,40,49)/i35-1. The van der Waals surface area contributed by atoms with Gasteiger partial charge in [0.25, 0.3) is 0 Å². The minimum absolute atomic E-state index is 0.0216. The fourth-order valence-electron chi connectivity index (χ4n) is 5.94. The quantitative estimate of drug-likeness (QED) is 0.0751. The molecule has 0 spiro atoms. The highest BCUT2D eigenvalue weighted by atomic mass is 18.2. The van der Waals surface area contributed by atoms with Crippen LogP contribution in [0.15, 0.2) is 42.5 Å². The van der Waals surface area contributed by atoms with Gasteiger partial charge in [-0.05, 0) is 73.6 Å². The number of unbranched alkanes of at least 4 members (excludes halogenated alkanes) is 1. The van der Waals surface area contributed by atoms with Crippen molar-refractivity contribution < 1.29 is 48.5 Å². The van der Waals surface area contributed by atoms with E-state index in [4.69, 9.17) is 5.11 Å². The van der Waals surface area contributed by atoms with Crippen LogP contribution < -0.4 is 26.6 Å². The molecular formula is C34H46FN5O9. The Bertz CT molecular complexity index is 1450. The molecule has 1 fully saturated rings. The number of hydrogen-bond acceptors (Lipinski definition) is 7. The number of carboxylic acids is 3. The normalized spacial score (nSPS) is 17.7. The van der Waals surface area contributed by atoms with Gasteiger partial charge in [-0.2, -0.15) is 0 Å². The molecule has 0 aliphatic heterocycles. The predicted octanol–water partition coefficient (Wildman–Crippen LogP) is 2.55. The van der Waals surface area contributed by atoms with Gasteiger partial charge < -0.3 is 36.6 Å². The molecule has 4 amide bonds. The smallest absolute Gasteiger partial charge is 0.326 e. The van der Waals surface area contributed by atoms with Crippen LogP contribution in [-0.2, 0) is 30.4 Å². The van der Waals surface area contributed by atoms with Crippen LogP contribution >= 0.6 is 0 Å². The first-order valence-corrected chi connectivity index (χ1v) is 16.5. The summed E-state index contributed by atoms with van der Waals surface area (Å²) in [7, 11) is 0. The molecule has 14 nitrogen and oxygen atoms in total. The number of urea groups is 1. The van der Waals surface area contributed by atoms with Gasteiger partial charge in [0.2, 0.25) is 11.8 Å². The number of rotatable bonds is 20. The number of carbonyl (C=O) groups excluding carboxylic acids is 3. The Morgan fingerprint density at radius 1 is 0.776 bits per heavy atom. The highest BCUT2D eigenvalue weighted by Gasteiger charge is 2.30. The van der Waals surface area contributed by atoms with Gasteiger partial charge in [0, 0.05) is 31.8 Å². The molecule has 15 heteroatoms. The molecule has 0 aromatic heterocycles. The summed E-state index contributed by atoms with van der Waals surface area (Å²) in [5, 5.41) is 42.3. The third-order valence-corrected chi connectivity index (χ3v) is 8.70. The van der Waals surface area contributed by atoms with Gasteiger partial charge in [-0.1, -0.05) is 42.5 Å². The third-order valence-electron chi connectivity index (χ3n) is 8.70. The Hall–Kier alpha value is -4.79. The summed E-state index contributed by atoms with van der Waals surface area (Å²) in [6.45, 7) is 0.144. The number of amides is 4. The lowest BCUT2D eigenvalue weighted by Crippen LogP contribution is -2.51. The Morgan fingerprint density at radius 2 is 1.43 bits per heavy atom. The maximum absolute atomic E-state index is 13.4. The first kappa shape index (κ1) is 38.7. The van der Waals surface area contributed by atoms with E-state index in [1.54, 1.807) is 0 Å². The monoisotopic (exact) mass is 686 g/mol. The van der Waals surface area contributed by atoms with E-state index in [0.717, 1.165) is 29.2 Å². The van der Waals surface area contributed by atoms with Crippen LogP contribution in [0.2, 0.25) is 0 Å². The zero-order valence-corrected chi connectivity index (χ0v) is 27.3. The molecule has 0 bridgehead atoms. The molecule has 2 aromatic rings. The van der Waals surface area contributed by atoms with Crippen molar-refractivity contribution in [3.05, 3.63) is 48.0 Å². The van der Waals surface area contributed by atoms with Crippen LogP contribution in [0.1, 0.15) is 63.4 Å². The van der Waals surface area contributed by atoms with E-state index < -0.39 is 61.2 Å². The van der Waals surface area contributed by atoms with Gasteiger partial charge in [-0.15, -0.1) is 0 Å². The van der Waals surface area contributed by atoms with E-state index in [0.29, 0.717) is 31.7 Å². The van der Waals surface area contributed by atoms with Crippen LogP contribution in [0.25, 0.3) is 10.8 Å². The van der Waals surface area contributed by atoms with E-state index in [9.17, 15) is 43.4 Å². The predicted molar refractivity (Wildman–Crippen MR) is 177 cm³/mol. The molecule has 268 valence electrons. The molecule has 1 aliphatic rings. The van der Waals surface area contributed by atoms with Gasteiger partial charge in [-0.25, -0.2) is 18.8 Å². The van der Waals surface area contributed by atoms with E-state index in [1.165, 1.54) is 0 Å². The fraction of sp³-hybridized carbons (Fsp3) is 0.529. The number of carboxylic acid groups (broad SMARTS) is 3. The second kappa shape index (κ2) is 19.9. The SMILES string of the molecule is O=C(O)CCC(NC(=O)NC(CCCCNC(=O)C(Cc1ccc2ccccc2c1)NC(=O)C1CCC(CNC[18F])CC1)C(=O)O)C(=O)O. The first-order valence-electron chi connectivity index (χ1n) is 16.5. The van der Waals surface area contributed by atoms with Crippen molar-refractivity contribution in [1.82, 2.24) is 26.6 Å². The Morgan fingerprint density at radius 3 is 2.06 bits per heavy atom. The van der Waals surface area contributed by atoms with Crippen molar-refractivity contribution >= 4 is 46.5 Å². The first-order chi connectivity index (χ1) is 23.5. The molecule has 0 radical (unpaired) electrons. The molecule has 1 saturated carbocycles. The second-order valence-electron chi connectivity index (χ2n) is 12.4. The molecule has 0 heterocycles. The van der Waals surface area contributed by atoms with Crippen molar-refractivity contribution in [1.29, 1.82) is 0 Å². The van der Waals surface area contributed by atoms with E-state index in [2.05, 4.69) is 26.6 Å². The Balaban J connectivity index is 1.54. The molecule has 3 atom stereocenters. The largest absolute Gasteiger partial charge is 0.481 e. The van der Waals surface area contributed by atoms with Gasteiger partial charge in [0.1, 0.15) is 24.9 Å². The molecule has 3 rings (SSSR count). The summed E-state index contributed by atoms with van der Waals surface area (Å²) in [4.78, 5) is 72.7. The number of halogens is 1. The molecule has 3 unspecified atom stereocenters. The van der Waals surface area contributed by atoms with Crippen LogP contribution in [0.3, 0.4) is 0 Å². The summed E-state index contributed by atoms with van der Waals surface area (Å²) in [5.74, 6) is -4.60. The maximum atomic E-state index is 13.4. The van der Waals surface area contributed by atoms with Crippen LogP contribution in [-0.4, -0.2) is 89.1 Å². The number of hydrogen-bond donors (Lipinski definition) is 8. The van der Waals surface area contributed by atoms with Gasteiger partial charge in [0.05, 0.1) is 0 Å². The average molecular weight is 687 g/mol. The molecule has 2 aromatic carbocycles. The van der Waals surface area contributed by atoms with E-state index in [1.807, 2.05) is 42.5 Å². The lowest BCUT2D eigenvalue weighted by Gasteiger charge is -2.29. The summed E-state index contributed by atoms with van der Waals surface area (Å²) in [6.07, 6.45) is 2.84. The number of aliphatic carboxylic acids is 3. The van der Waals surface area contributed by atoms with Crippen molar-refractivity contribution in [2.45, 2.75) is 82.3 Å². The molecule has 1 aliphatic carbocycles. The highest BCUT2D eigenvalue weighted by Crippen LogP contribution is 2.29. The lowest BCUT2D eigenvalue weighted by atomic mass is 9.81. The third kappa shape index (κ3) is 13.3. The lowest BCUT2D eigenvalue weighted by molar-refractivity contribution is -0.141. The molecule has 8 N–H and O–H groups in total. The summed E-state index contributed by atoms with van der Waals surface area (Å²) < 4.78 is 12.5. The zero-order valence-electron chi connectivity index (χ0n) is 27.3. The zero-order chi connectivity index (χ0) is 35.8. The number of fused-ring (bicyclic) bond motifs is 1. The topological polar surface area (TPSA) is 223 Å². The summed E-state index contributed by atoms with van der Waals surface area (Å²) in [6, 6.07) is 8.87. The van der Waals surface area contributed by atoms with Gasteiger partial charge in [0.15, 0.2) is 0 Å². The van der Waals surface area contributed by atoms with Crippen molar-refractivity contribution in [2.24, 2.45) is 11.8 Å². The number of carbonyl (C=O) groups is 6. The van der Waals surface area contributed by atoms with E-state index >= 15 is 0 Å². The van der Waals surface area contributed by atoms with Crippen molar-refractivity contribution in [2.75, 3.05) is 19.9 Å². The van der Waals surface area contributed by atoms with Crippen LogP contribution in [0, 0.1) is 11.8 Å². The summed E-state index contributed by atoms with van der Waals surface area (Å²) >= 11 is 0. The minimum atomic E-state index is -1.51. The molecule has 49 heavy (non-hydrogen) atoms. The number of benzene rings is 2. The molecular weight excluding hydrogens is 640 g/mol. The highest BCUT2D eigenvalue weighted by molar-refractivity contribution is 5.89. The van der Waals surface area contributed by atoms with Gasteiger partial charge >= 0.3 is 23.9 Å². The van der Waals surface area contributed by atoms with Crippen LogP contribution in [0.5, 0.6) is 0 Å². The van der Waals surface area contributed by atoms with Crippen molar-refractivity contribution in [3.8, 4) is 0 Å². The number of alkyl halides is 1. The van der Waals surface area contributed by atoms with Crippen molar-refractivity contribution in [3.63, 3.8) is 0 Å². The summed E-state index contributed by atoms with van der Waals surface area (Å²) in [5.41, 5.74) is 0.863. The van der Waals surface area contributed by atoms with Gasteiger partial charge in [-0.3, -0.25) is 19.7 Å². The Labute approximate surface area is 283 Å².